The maximum absolute atomic E-state index is 9.57. The van der Waals surface area contributed by atoms with Crippen molar-refractivity contribution < 1.29 is 14.0 Å². The van der Waals surface area contributed by atoms with E-state index in [1.54, 1.807) is 24.7 Å². The van der Waals surface area contributed by atoms with Crippen molar-refractivity contribution in [2.45, 2.75) is 45.1 Å². The Bertz CT molecular complexity index is 1350. The molecule has 3 aliphatic heterocycles. The molecular formula is C26H32N7O2+. The number of rotatable bonds is 6. The summed E-state index contributed by atoms with van der Waals surface area (Å²) in [6, 6.07) is 12.3. The molecule has 9 heteroatoms. The molecule has 182 valence electrons. The van der Waals surface area contributed by atoms with Gasteiger partial charge in [0, 0.05) is 29.3 Å². The van der Waals surface area contributed by atoms with Crippen molar-refractivity contribution >= 4 is 22.8 Å². The van der Waals surface area contributed by atoms with Crippen molar-refractivity contribution in [2.24, 2.45) is 5.73 Å². The van der Waals surface area contributed by atoms with Crippen LogP contribution in [0, 0.1) is 0 Å². The Morgan fingerprint density at radius 1 is 1.20 bits per heavy atom. The zero-order chi connectivity index (χ0) is 24.3. The van der Waals surface area contributed by atoms with Gasteiger partial charge in [-0.1, -0.05) is 0 Å². The Kier molecular flexibility index (Phi) is 5.10. The molecule has 4 N–H and O–H groups in total. The van der Waals surface area contributed by atoms with Crippen LogP contribution in [0.5, 0.6) is 0 Å². The molecule has 2 bridgehead atoms. The molecule has 0 saturated carbocycles. The van der Waals surface area contributed by atoms with Crippen LogP contribution in [0.15, 0.2) is 59.6 Å². The summed E-state index contributed by atoms with van der Waals surface area (Å²) in [6.07, 6.45) is 5.76. The molecular weight excluding hydrogens is 442 g/mol. The molecule has 0 radical (unpaired) electrons. The molecule has 1 unspecified atom stereocenters. The van der Waals surface area contributed by atoms with Gasteiger partial charge < -0.3 is 24.2 Å². The average Bonchev–Trinajstić information content (AvgIpc) is 3.49. The molecule has 0 aliphatic carbocycles. The van der Waals surface area contributed by atoms with Gasteiger partial charge in [-0.05, 0) is 51.1 Å². The van der Waals surface area contributed by atoms with E-state index >= 15 is 0 Å². The lowest BCUT2D eigenvalue weighted by Crippen LogP contribution is -2.82. The topological polar surface area (TPSA) is 105 Å². The van der Waals surface area contributed by atoms with E-state index in [-0.39, 0.29) is 0 Å². The van der Waals surface area contributed by atoms with Crippen LogP contribution in [-0.2, 0) is 0 Å². The van der Waals surface area contributed by atoms with Gasteiger partial charge in [-0.3, -0.25) is 10.1 Å². The van der Waals surface area contributed by atoms with Crippen LogP contribution in [0.4, 0.5) is 17.2 Å². The third-order valence-corrected chi connectivity index (χ3v) is 8.01. The summed E-state index contributed by atoms with van der Waals surface area (Å²) in [5, 5.41) is 13.0. The number of quaternary nitrogens is 1. The lowest BCUT2D eigenvalue weighted by molar-refractivity contribution is -1.01. The highest BCUT2D eigenvalue weighted by molar-refractivity contribution is 5.74. The Balaban J connectivity index is 1.21. The number of anilines is 3. The fourth-order valence-electron chi connectivity index (χ4n) is 5.87. The number of aromatic nitrogens is 3. The number of hydrogen-bond acceptors (Lipinski definition) is 7. The minimum Gasteiger partial charge on any atom is -0.464 e. The molecule has 7 rings (SSSR count). The predicted molar refractivity (Wildman–Crippen MR) is 135 cm³/mol. The van der Waals surface area contributed by atoms with Crippen LogP contribution in [-0.4, -0.2) is 61.7 Å². The number of aliphatic hydroxyl groups excluding tert-OH is 1. The van der Waals surface area contributed by atoms with Gasteiger partial charge in [-0.25, -0.2) is 9.97 Å². The van der Waals surface area contributed by atoms with Gasteiger partial charge >= 0.3 is 0 Å². The number of furan rings is 1. The highest BCUT2D eigenvalue weighted by Crippen LogP contribution is 2.39. The standard InChI is InChI=1S/C26H32N7O2/c1-16(2)33-13-21(14-33)32(12-17(33)3)20-6-4-19(5-7-20)30-25-26-28-8-9-31(26)22(11-29-25)18-10-23(24(27)34)35-15-18/h4-11,15-17,21,24,34H,12-14,27H2,1-3H3,(H,29,30)/q+1/t17-,21?,24?,33?/m1/s1. The largest absolute Gasteiger partial charge is 0.464 e. The number of imidazole rings is 1. The molecule has 0 spiro atoms. The maximum atomic E-state index is 9.57. The zero-order valence-corrected chi connectivity index (χ0v) is 20.3. The molecule has 4 aromatic rings. The van der Waals surface area contributed by atoms with Crippen molar-refractivity contribution in [3.05, 3.63) is 60.9 Å². The Morgan fingerprint density at radius 3 is 2.63 bits per heavy atom. The summed E-state index contributed by atoms with van der Waals surface area (Å²) in [5.41, 5.74) is 10.0. The van der Waals surface area contributed by atoms with Crippen LogP contribution < -0.4 is 16.0 Å². The van der Waals surface area contributed by atoms with Crippen LogP contribution in [0.3, 0.4) is 0 Å². The van der Waals surface area contributed by atoms with E-state index in [1.807, 2.05) is 10.6 Å². The first-order valence-corrected chi connectivity index (χ1v) is 12.2. The lowest BCUT2D eigenvalue weighted by Gasteiger charge is -2.64. The first-order chi connectivity index (χ1) is 16.9. The number of nitrogens with one attached hydrogen (secondary N) is 1. The predicted octanol–water partition coefficient (Wildman–Crippen LogP) is 3.50. The van der Waals surface area contributed by atoms with E-state index in [9.17, 15) is 5.11 Å². The molecule has 1 aromatic carbocycles. The number of piperazine rings is 2. The normalized spacial score (nSPS) is 24.6. The molecule has 9 nitrogen and oxygen atoms in total. The van der Waals surface area contributed by atoms with Crippen molar-refractivity contribution in [2.75, 3.05) is 29.9 Å². The van der Waals surface area contributed by atoms with Crippen LogP contribution in [0.2, 0.25) is 0 Å². The number of nitrogens with two attached hydrogens (primary N) is 1. The Labute approximate surface area is 204 Å². The minimum atomic E-state index is -1.16. The second-order valence-electron chi connectivity index (χ2n) is 10.2. The van der Waals surface area contributed by atoms with E-state index in [2.05, 4.69) is 65.2 Å². The summed E-state index contributed by atoms with van der Waals surface area (Å²) in [5.74, 6) is 0.966. The molecule has 2 atom stereocenters. The smallest absolute Gasteiger partial charge is 0.180 e. The number of benzene rings is 1. The van der Waals surface area contributed by atoms with Gasteiger partial charge in [0.1, 0.15) is 37.2 Å². The summed E-state index contributed by atoms with van der Waals surface area (Å²) in [6.45, 7) is 10.7. The first kappa shape index (κ1) is 22.1. The quantitative estimate of drug-likeness (QED) is 0.290. The fourth-order valence-corrected chi connectivity index (χ4v) is 5.87. The van der Waals surface area contributed by atoms with E-state index in [0.29, 0.717) is 35.4 Å². The number of hydrogen-bond donors (Lipinski definition) is 3. The number of nitrogens with zero attached hydrogens (tertiary/aromatic N) is 5. The Hall–Kier alpha value is -3.40. The number of aliphatic hydroxyl groups is 1. The van der Waals surface area contributed by atoms with Gasteiger partial charge in [0.05, 0.1) is 24.5 Å². The molecule has 3 fully saturated rings. The number of fused-ring (bicyclic) bond motifs is 3. The molecule has 3 aliphatic rings. The van der Waals surface area contributed by atoms with Crippen molar-refractivity contribution in [3.8, 4) is 11.3 Å². The maximum Gasteiger partial charge on any atom is 0.180 e. The van der Waals surface area contributed by atoms with E-state index in [4.69, 9.17) is 10.2 Å². The van der Waals surface area contributed by atoms with Crippen molar-refractivity contribution in [1.82, 2.24) is 14.4 Å². The van der Waals surface area contributed by atoms with Crippen LogP contribution in [0.1, 0.15) is 32.8 Å². The first-order valence-electron chi connectivity index (χ1n) is 12.2. The molecule has 6 heterocycles. The highest BCUT2D eigenvalue weighted by Gasteiger charge is 2.56. The average molecular weight is 475 g/mol. The van der Waals surface area contributed by atoms with Gasteiger partial charge in [0.15, 0.2) is 17.7 Å². The van der Waals surface area contributed by atoms with Gasteiger partial charge in [0.2, 0.25) is 0 Å². The molecule has 3 aromatic heterocycles. The van der Waals surface area contributed by atoms with Crippen molar-refractivity contribution in [3.63, 3.8) is 0 Å². The van der Waals surface area contributed by atoms with Gasteiger partial charge in [-0.2, -0.15) is 0 Å². The third kappa shape index (κ3) is 3.50. The summed E-state index contributed by atoms with van der Waals surface area (Å²) in [4.78, 5) is 11.7. The summed E-state index contributed by atoms with van der Waals surface area (Å²) in [7, 11) is 0. The molecule has 0 amide bonds. The zero-order valence-electron chi connectivity index (χ0n) is 20.3. The van der Waals surface area contributed by atoms with Gasteiger partial charge in [-0.15, -0.1) is 0 Å². The van der Waals surface area contributed by atoms with Crippen molar-refractivity contribution in [1.29, 1.82) is 0 Å². The Morgan fingerprint density at radius 2 is 1.97 bits per heavy atom. The minimum absolute atomic E-state index is 0.300. The van der Waals surface area contributed by atoms with E-state index in [0.717, 1.165) is 23.5 Å². The van der Waals surface area contributed by atoms with Crippen LogP contribution >= 0.6 is 0 Å². The van der Waals surface area contributed by atoms with Gasteiger partial charge in [0.25, 0.3) is 0 Å². The molecule has 35 heavy (non-hydrogen) atoms. The van der Waals surface area contributed by atoms with Crippen LogP contribution in [0.25, 0.3) is 16.9 Å². The second-order valence-corrected chi connectivity index (χ2v) is 10.2. The SMILES string of the molecule is CC(C)[N+]12CC(C1)N(c1ccc(Nc3ncc(-c4coc(C(N)O)c4)n4ccnc34)cc1)C[C@H]2C. The van der Waals surface area contributed by atoms with E-state index < -0.39 is 6.23 Å². The fraction of sp³-hybridized carbons (Fsp3) is 0.385. The monoisotopic (exact) mass is 474 g/mol. The summed E-state index contributed by atoms with van der Waals surface area (Å²) >= 11 is 0. The summed E-state index contributed by atoms with van der Waals surface area (Å²) < 4.78 is 8.57. The second kappa shape index (κ2) is 8.08. The highest BCUT2D eigenvalue weighted by atomic mass is 16.4. The van der Waals surface area contributed by atoms with E-state index in [1.165, 1.54) is 23.3 Å². The molecule has 3 saturated heterocycles. The third-order valence-electron chi connectivity index (χ3n) is 8.01. The lowest BCUT2D eigenvalue weighted by atomic mass is 9.88.